The molecule has 5 N–H and O–H groups in total. The molecule has 174 valence electrons. The third-order valence-corrected chi connectivity index (χ3v) is 7.28. The Morgan fingerprint density at radius 1 is 1.30 bits per heavy atom. The highest BCUT2D eigenvalue weighted by Crippen LogP contribution is 2.29. The molecule has 2 aliphatic rings. The second kappa shape index (κ2) is 10.2. The van der Waals surface area contributed by atoms with Crippen molar-refractivity contribution in [1.82, 2.24) is 9.62 Å². The van der Waals surface area contributed by atoms with Crippen LogP contribution in [-0.4, -0.2) is 60.2 Å². The average molecular weight is 469 g/mol. The molecule has 0 bridgehead atoms. The van der Waals surface area contributed by atoms with Gasteiger partial charge in [-0.25, -0.2) is 8.70 Å². The first-order chi connectivity index (χ1) is 15.9. The highest BCUT2D eigenvalue weighted by molar-refractivity contribution is 7.98. The van der Waals surface area contributed by atoms with Gasteiger partial charge in [0.15, 0.2) is 0 Å². The number of fused-ring (bicyclic) bond motifs is 1. The molecule has 0 aromatic heterocycles. The number of nitrogens with zero attached hydrogens (tertiary/aromatic N) is 3. The zero-order chi connectivity index (χ0) is 23.4. The Hall–Kier alpha value is -2.48. The fourth-order valence-corrected chi connectivity index (χ4v) is 5.41. The number of nitriles is 1. The average Bonchev–Trinajstić information content (AvgIpc) is 3.29. The minimum absolute atomic E-state index is 0.0423. The number of anilines is 1. The van der Waals surface area contributed by atoms with Crippen LogP contribution in [0.2, 0.25) is 0 Å². The van der Waals surface area contributed by atoms with E-state index in [4.69, 9.17) is 11.0 Å². The van der Waals surface area contributed by atoms with E-state index >= 15 is 0 Å². The number of aliphatic hydroxyl groups is 1. The van der Waals surface area contributed by atoms with Gasteiger partial charge in [0.2, 0.25) is 0 Å². The number of nitrogens with two attached hydrogens (primary N) is 1. The Kier molecular flexibility index (Phi) is 7.32. The van der Waals surface area contributed by atoms with Gasteiger partial charge in [0.25, 0.3) is 0 Å². The summed E-state index contributed by atoms with van der Waals surface area (Å²) in [5.74, 6) is -0.515. The summed E-state index contributed by atoms with van der Waals surface area (Å²) in [5, 5.41) is 28.3. The van der Waals surface area contributed by atoms with Crippen LogP contribution in [0.5, 0.6) is 0 Å². The standard InChI is InChI=1S/C24H29FN6OS/c1-28-15-24(32,14-27)33-31-8-5-20(6-9-31)30-22-12-19(10-17-4-7-29-23(17)22)16-2-3-18(13-26)21(25)11-16/h2-4,10-12,20,28,30,32H,5-9,14-15,27H2,1H3/t24-/m1/s1. The first-order valence-electron chi connectivity index (χ1n) is 11.1. The van der Waals surface area contributed by atoms with Crippen molar-refractivity contribution in [2.45, 2.75) is 23.8 Å². The Morgan fingerprint density at radius 3 is 2.76 bits per heavy atom. The third kappa shape index (κ3) is 5.37. The monoisotopic (exact) mass is 468 g/mol. The van der Waals surface area contributed by atoms with Crippen molar-refractivity contribution in [3.63, 3.8) is 0 Å². The maximum Gasteiger partial charge on any atom is 0.148 e. The van der Waals surface area contributed by atoms with Gasteiger partial charge in [-0.05, 0) is 67.2 Å². The highest BCUT2D eigenvalue weighted by Gasteiger charge is 2.31. The summed E-state index contributed by atoms with van der Waals surface area (Å²) in [5.41, 5.74) is 8.39. The van der Waals surface area contributed by atoms with E-state index in [2.05, 4.69) is 26.0 Å². The maximum absolute atomic E-state index is 14.2. The smallest absolute Gasteiger partial charge is 0.148 e. The van der Waals surface area contributed by atoms with Gasteiger partial charge in [0, 0.05) is 37.4 Å². The van der Waals surface area contributed by atoms with Gasteiger partial charge in [-0.1, -0.05) is 12.1 Å². The normalized spacial score (nSPS) is 18.0. The summed E-state index contributed by atoms with van der Waals surface area (Å²) in [6, 6.07) is 10.9. The number of benzene rings is 2. The highest BCUT2D eigenvalue weighted by atomic mass is 32.2. The lowest BCUT2D eigenvalue weighted by Gasteiger charge is -2.37. The van der Waals surface area contributed by atoms with Crippen LogP contribution in [0.3, 0.4) is 0 Å². The Bertz CT molecular complexity index is 1170. The molecule has 0 unspecified atom stereocenters. The summed E-state index contributed by atoms with van der Waals surface area (Å²) in [6.07, 6.45) is 3.90. The molecular formula is C24H29FN6OS. The predicted molar refractivity (Wildman–Crippen MR) is 130 cm³/mol. The Labute approximate surface area is 197 Å². The van der Waals surface area contributed by atoms with Crippen molar-refractivity contribution in [1.29, 1.82) is 5.26 Å². The third-order valence-electron chi connectivity index (χ3n) is 6.01. The molecule has 0 radical (unpaired) electrons. The van der Waals surface area contributed by atoms with Crippen LogP contribution < -0.4 is 26.9 Å². The maximum atomic E-state index is 14.2. The molecule has 2 aliphatic heterocycles. The van der Waals surface area contributed by atoms with Crippen molar-refractivity contribution >= 4 is 23.7 Å². The van der Waals surface area contributed by atoms with Crippen molar-refractivity contribution < 1.29 is 9.50 Å². The SMILES string of the molecule is CNC[C@@](O)(CN)SN1CCC(Nc2cc(-c3ccc(C#N)c(F)c3)cc3c2=NCC=3)CC1. The summed E-state index contributed by atoms with van der Waals surface area (Å²) in [6.45, 7) is 2.91. The molecule has 7 nitrogen and oxygen atoms in total. The van der Waals surface area contributed by atoms with E-state index in [0.29, 0.717) is 13.1 Å². The van der Waals surface area contributed by atoms with Gasteiger partial charge in [0.05, 0.1) is 23.2 Å². The molecule has 1 atom stereocenters. The molecule has 0 aliphatic carbocycles. The van der Waals surface area contributed by atoms with Crippen LogP contribution in [0.4, 0.5) is 10.1 Å². The van der Waals surface area contributed by atoms with Crippen LogP contribution >= 0.6 is 11.9 Å². The van der Waals surface area contributed by atoms with Crippen molar-refractivity contribution in [3.8, 4) is 17.2 Å². The lowest BCUT2D eigenvalue weighted by molar-refractivity contribution is 0.140. The molecule has 0 spiro atoms. The molecule has 2 aromatic carbocycles. The molecule has 1 saturated heterocycles. The van der Waals surface area contributed by atoms with Gasteiger partial charge in [-0.15, -0.1) is 0 Å². The van der Waals surface area contributed by atoms with Crippen molar-refractivity contribution in [2.75, 3.05) is 45.1 Å². The summed E-state index contributed by atoms with van der Waals surface area (Å²) in [4.78, 5) is 3.63. The molecule has 1 fully saturated rings. The predicted octanol–water partition coefficient (Wildman–Crippen LogP) is 1.17. The van der Waals surface area contributed by atoms with E-state index in [-0.39, 0.29) is 18.2 Å². The number of nitrogens with one attached hydrogen (secondary N) is 2. The van der Waals surface area contributed by atoms with E-state index < -0.39 is 10.8 Å². The number of hydrogen-bond acceptors (Lipinski definition) is 8. The molecular weight excluding hydrogens is 439 g/mol. The molecule has 9 heteroatoms. The van der Waals surface area contributed by atoms with Gasteiger partial charge >= 0.3 is 0 Å². The molecule has 0 saturated carbocycles. The zero-order valence-corrected chi connectivity index (χ0v) is 19.5. The first kappa shape index (κ1) is 23.7. The Balaban J connectivity index is 1.49. The largest absolute Gasteiger partial charge is 0.380 e. The number of hydrogen-bond donors (Lipinski definition) is 4. The first-order valence-corrected chi connectivity index (χ1v) is 11.9. The Morgan fingerprint density at radius 2 is 2.09 bits per heavy atom. The number of halogens is 1. The van der Waals surface area contributed by atoms with Crippen molar-refractivity contribution in [2.24, 2.45) is 10.7 Å². The summed E-state index contributed by atoms with van der Waals surface area (Å²) >= 11 is 1.42. The molecule has 2 aromatic rings. The van der Waals surface area contributed by atoms with E-state index in [1.165, 1.54) is 24.1 Å². The number of rotatable bonds is 8. The summed E-state index contributed by atoms with van der Waals surface area (Å²) in [7, 11) is 1.80. The van der Waals surface area contributed by atoms with E-state index in [9.17, 15) is 9.50 Å². The molecule has 4 rings (SSSR count). The topological polar surface area (TPSA) is 110 Å². The molecule has 33 heavy (non-hydrogen) atoms. The quantitative estimate of drug-likeness (QED) is 0.340. The molecule has 0 amide bonds. The van der Waals surface area contributed by atoms with Gasteiger partial charge in [-0.2, -0.15) is 5.26 Å². The zero-order valence-electron chi connectivity index (χ0n) is 18.6. The minimum atomic E-state index is -1.00. The van der Waals surface area contributed by atoms with E-state index in [1.54, 1.807) is 13.1 Å². The van der Waals surface area contributed by atoms with Crippen LogP contribution in [0, 0.1) is 17.1 Å². The fraction of sp³-hybridized carbons (Fsp3) is 0.417. The second-order valence-electron chi connectivity index (χ2n) is 8.43. The van der Waals surface area contributed by atoms with E-state index in [0.717, 1.165) is 53.3 Å². The van der Waals surface area contributed by atoms with E-state index in [1.807, 2.05) is 18.2 Å². The number of piperidine rings is 1. The summed E-state index contributed by atoms with van der Waals surface area (Å²) < 4.78 is 16.4. The van der Waals surface area contributed by atoms with Crippen LogP contribution in [0.1, 0.15) is 18.4 Å². The lowest BCUT2D eigenvalue weighted by atomic mass is 10.0. The van der Waals surface area contributed by atoms with Crippen molar-refractivity contribution in [3.05, 3.63) is 52.3 Å². The van der Waals surface area contributed by atoms with Crippen LogP contribution in [-0.2, 0) is 0 Å². The van der Waals surface area contributed by atoms with Crippen LogP contribution in [0.15, 0.2) is 35.3 Å². The van der Waals surface area contributed by atoms with Gasteiger partial charge < -0.3 is 21.5 Å². The molecule has 2 heterocycles. The lowest BCUT2D eigenvalue weighted by Crippen LogP contribution is -2.47. The number of likely N-dealkylation sites (N-methyl/N-ethyl adjacent to an activating group) is 1. The van der Waals surface area contributed by atoms with Gasteiger partial charge in [-0.3, -0.25) is 4.99 Å². The second-order valence-corrected chi connectivity index (χ2v) is 9.89. The van der Waals surface area contributed by atoms with Gasteiger partial charge in [0.1, 0.15) is 16.8 Å². The van der Waals surface area contributed by atoms with Crippen LogP contribution in [0.25, 0.3) is 17.2 Å². The fourth-order valence-electron chi connectivity index (χ4n) is 4.26. The minimum Gasteiger partial charge on any atom is -0.380 e.